The van der Waals surface area contributed by atoms with Crippen molar-refractivity contribution < 1.29 is 17.9 Å². The van der Waals surface area contributed by atoms with Crippen LogP contribution in [0.3, 0.4) is 0 Å². The Bertz CT molecular complexity index is 856. The van der Waals surface area contributed by atoms with Gasteiger partial charge in [0.2, 0.25) is 10.0 Å². The lowest BCUT2D eigenvalue weighted by Crippen LogP contribution is -2.34. The molecule has 0 aliphatic heterocycles. The van der Waals surface area contributed by atoms with Crippen LogP contribution in [-0.2, 0) is 14.8 Å². The largest absolute Gasteiger partial charge is 0.424 e. The zero-order chi connectivity index (χ0) is 17.9. The zero-order valence-corrected chi connectivity index (χ0v) is 16.3. The fraction of sp³-hybridized carbons (Fsp3) is 0.133. The Morgan fingerprint density at radius 3 is 2.38 bits per heavy atom. The van der Waals surface area contributed by atoms with Crippen molar-refractivity contribution in [3.63, 3.8) is 0 Å². The van der Waals surface area contributed by atoms with Gasteiger partial charge in [0.05, 0.1) is 9.92 Å². The van der Waals surface area contributed by atoms with Crippen LogP contribution in [0.15, 0.2) is 51.8 Å². The van der Waals surface area contributed by atoms with E-state index in [-0.39, 0.29) is 15.7 Å². The standard InChI is InChI=1S/C15H12BrCl2NO4S/c1-19(24(21,22)12-5-3-11(17)4-6-12)9-15(20)23-14-7-2-10(16)8-13(14)18/h2-8H,9H2,1H3. The molecule has 0 bridgehead atoms. The van der Waals surface area contributed by atoms with Crippen LogP contribution in [0, 0.1) is 0 Å². The van der Waals surface area contributed by atoms with Gasteiger partial charge in [-0.05, 0) is 42.5 Å². The Morgan fingerprint density at radius 1 is 1.17 bits per heavy atom. The van der Waals surface area contributed by atoms with Gasteiger partial charge in [0.1, 0.15) is 12.3 Å². The Kier molecular flexibility index (Phi) is 6.28. The average molecular weight is 453 g/mol. The van der Waals surface area contributed by atoms with E-state index in [4.69, 9.17) is 27.9 Å². The van der Waals surface area contributed by atoms with Crippen molar-refractivity contribution in [1.29, 1.82) is 0 Å². The highest BCUT2D eigenvalue weighted by molar-refractivity contribution is 9.10. The first-order valence-electron chi connectivity index (χ1n) is 6.58. The molecule has 0 amide bonds. The number of sulfonamides is 1. The van der Waals surface area contributed by atoms with Gasteiger partial charge in [0, 0.05) is 16.5 Å². The van der Waals surface area contributed by atoms with Crippen LogP contribution in [0.25, 0.3) is 0 Å². The first kappa shape index (κ1) is 19.2. The van der Waals surface area contributed by atoms with Crippen molar-refractivity contribution in [1.82, 2.24) is 4.31 Å². The summed E-state index contributed by atoms with van der Waals surface area (Å²) in [5, 5.41) is 0.654. The molecule has 0 fully saturated rings. The van der Waals surface area contributed by atoms with Gasteiger partial charge in [0.25, 0.3) is 0 Å². The van der Waals surface area contributed by atoms with Gasteiger partial charge in [0.15, 0.2) is 0 Å². The third-order valence-corrected chi connectivity index (χ3v) is 5.85. The number of likely N-dealkylation sites (N-methyl/N-ethyl adjacent to an activating group) is 1. The molecule has 0 aliphatic carbocycles. The van der Waals surface area contributed by atoms with Gasteiger partial charge < -0.3 is 4.74 Å². The van der Waals surface area contributed by atoms with E-state index in [1.54, 1.807) is 12.1 Å². The third-order valence-electron chi connectivity index (χ3n) is 2.99. The lowest BCUT2D eigenvalue weighted by Gasteiger charge is -2.16. The number of nitrogens with zero attached hydrogens (tertiary/aromatic N) is 1. The molecule has 128 valence electrons. The summed E-state index contributed by atoms with van der Waals surface area (Å²) in [6, 6.07) is 10.4. The second kappa shape index (κ2) is 7.84. The fourth-order valence-corrected chi connectivity index (χ4v) is 3.72. The molecular weight excluding hydrogens is 441 g/mol. The zero-order valence-electron chi connectivity index (χ0n) is 12.4. The van der Waals surface area contributed by atoms with Gasteiger partial charge >= 0.3 is 5.97 Å². The molecule has 24 heavy (non-hydrogen) atoms. The summed E-state index contributed by atoms with van der Waals surface area (Å²) in [6.07, 6.45) is 0. The molecule has 2 aromatic rings. The van der Waals surface area contributed by atoms with Crippen LogP contribution in [-0.4, -0.2) is 32.3 Å². The number of ether oxygens (including phenoxy) is 1. The van der Waals surface area contributed by atoms with Crippen molar-refractivity contribution in [3.05, 3.63) is 57.0 Å². The van der Waals surface area contributed by atoms with E-state index in [0.717, 1.165) is 8.78 Å². The molecule has 0 aromatic heterocycles. The maximum atomic E-state index is 12.4. The molecule has 0 heterocycles. The predicted octanol–water partition coefficient (Wildman–Crippen LogP) is 3.98. The Balaban J connectivity index is 2.09. The van der Waals surface area contributed by atoms with Crippen LogP contribution in [0.4, 0.5) is 0 Å². The highest BCUT2D eigenvalue weighted by Gasteiger charge is 2.24. The van der Waals surface area contributed by atoms with E-state index in [0.29, 0.717) is 5.02 Å². The van der Waals surface area contributed by atoms with Gasteiger partial charge in [-0.2, -0.15) is 4.31 Å². The van der Waals surface area contributed by atoms with Crippen LogP contribution in [0.2, 0.25) is 10.0 Å². The Labute approximate surface area is 158 Å². The fourth-order valence-electron chi connectivity index (χ4n) is 1.77. The molecule has 0 spiro atoms. The number of hydrogen-bond donors (Lipinski definition) is 0. The molecule has 2 rings (SSSR count). The minimum Gasteiger partial charge on any atom is -0.424 e. The summed E-state index contributed by atoms with van der Waals surface area (Å²) in [5.74, 6) is -0.596. The average Bonchev–Trinajstić information content (AvgIpc) is 2.50. The minimum absolute atomic E-state index is 0.0314. The second-order valence-corrected chi connectivity index (χ2v) is 8.57. The van der Waals surface area contributed by atoms with Gasteiger partial charge in [-0.25, -0.2) is 8.42 Å². The summed E-state index contributed by atoms with van der Waals surface area (Å²) in [7, 11) is -2.54. The molecule has 0 radical (unpaired) electrons. The molecule has 9 heteroatoms. The summed E-state index contributed by atoms with van der Waals surface area (Å²) in [5.41, 5.74) is 0. The quantitative estimate of drug-likeness (QED) is 0.508. The van der Waals surface area contributed by atoms with E-state index in [1.165, 1.54) is 37.4 Å². The van der Waals surface area contributed by atoms with Gasteiger partial charge in [-0.3, -0.25) is 4.79 Å². The number of hydrogen-bond acceptors (Lipinski definition) is 4. The molecule has 0 aliphatic rings. The van der Waals surface area contributed by atoms with Crippen molar-refractivity contribution in [2.24, 2.45) is 0 Å². The molecular formula is C15H12BrCl2NO4S. The number of halogens is 3. The molecule has 0 unspecified atom stereocenters. The van der Waals surface area contributed by atoms with Crippen LogP contribution in [0.1, 0.15) is 0 Å². The van der Waals surface area contributed by atoms with Crippen molar-refractivity contribution in [2.45, 2.75) is 4.90 Å². The van der Waals surface area contributed by atoms with Crippen LogP contribution >= 0.6 is 39.1 Å². The van der Waals surface area contributed by atoms with Crippen molar-refractivity contribution >= 4 is 55.1 Å². The van der Waals surface area contributed by atoms with E-state index in [9.17, 15) is 13.2 Å². The molecule has 0 saturated carbocycles. The smallest absolute Gasteiger partial charge is 0.326 e. The summed E-state index contributed by atoms with van der Waals surface area (Å²) >= 11 is 14.9. The molecule has 2 aromatic carbocycles. The minimum atomic E-state index is -3.83. The number of benzene rings is 2. The van der Waals surface area contributed by atoms with Crippen molar-refractivity contribution in [2.75, 3.05) is 13.6 Å². The van der Waals surface area contributed by atoms with E-state index in [2.05, 4.69) is 15.9 Å². The number of rotatable bonds is 5. The monoisotopic (exact) mass is 451 g/mol. The van der Waals surface area contributed by atoms with E-state index in [1.807, 2.05) is 0 Å². The first-order chi connectivity index (χ1) is 11.2. The SMILES string of the molecule is CN(CC(=O)Oc1ccc(Br)cc1Cl)S(=O)(=O)c1ccc(Cl)cc1. The Morgan fingerprint density at radius 2 is 1.79 bits per heavy atom. The van der Waals surface area contributed by atoms with Crippen LogP contribution < -0.4 is 4.74 Å². The topological polar surface area (TPSA) is 63.7 Å². The lowest BCUT2D eigenvalue weighted by molar-refractivity contribution is -0.134. The van der Waals surface area contributed by atoms with Gasteiger partial charge in [-0.15, -0.1) is 0 Å². The maximum absolute atomic E-state index is 12.4. The highest BCUT2D eigenvalue weighted by Crippen LogP contribution is 2.28. The second-order valence-electron chi connectivity index (χ2n) is 4.76. The number of carbonyl (C=O) groups excluding carboxylic acids is 1. The first-order valence-corrected chi connectivity index (χ1v) is 9.56. The molecule has 0 N–H and O–H groups in total. The predicted molar refractivity (Wildman–Crippen MR) is 96.1 cm³/mol. The molecule has 5 nitrogen and oxygen atoms in total. The molecule has 0 atom stereocenters. The van der Waals surface area contributed by atoms with Gasteiger partial charge in [-0.1, -0.05) is 39.1 Å². The summed E-state index contributed by atoms with van der Waals surface area (Å²) in [6.45, 7) is -0.461. The van der Waals surface area contributed by atoms with Crippen molar-refractivity contribution in [3.8, 4) is 5.75 Å². The summed E-state index contributed by atoms with van der Waals surface area (Å²) < 4.78 is 31.5. The maximum Gasteiger partial charge on any atom is 0.326 e. The number of carbonyl (C=O) groups is 1. The Hall–Kier alpha value is -1.12. The third kappa shape index (κ3) is 4.70. The summed E-state index contributed by atoms with van der Waals surface area (Å²) in [4.78, 5) is 12.0. The molecule has 0 saturated heterocycles. The van der Waals surface area contributed by atoms with E-state index >= 15 is 0 Å². The van der Waals surface area contributed by atoms with E-state index < -0.39 is 22.5 Å². The number of esters is 1. The normalized spacial score (nSPS) is 11.5. The lowest BCUT2D eigenvalue weighted by atomic mass is 10.3. The van der Waals surface area contributed by atoms with Crippen LogP contribution in [0.5, 0.6) is 5.75 Å². The highest BCUT2D eigenvalue weighted by atomic mass is 79.9.